The van der Waals surface area contributed by atoms with E-state index in [1.807, 2.05) is 0 Å². The maximum Gasteiger partial charge on any atom is 0.395 e. The highest BCUT2D eigenvalue weighted by molar-refractivity contribution is 5.67. The minimum absolute atomic E-state index is 0.0453. The van der Waals surface area contributed by atoms with Gasteiger partial charge in [0.25, 0.3) is 0 Å². The van der Waals surface area contributed by atoms with Gasteiger partial charge in [-0.1, -0.05) is 19.4 Å². The number of anilines is 1. The Kier molecular flexibility index (Phi) is 6.33. The summed E-state index contributed by atoms with van der Waals surface area (Å²) >= 11 is 0. The van der Waals surface area contributed by atoms with Gasteiger partial charge < -0.3 is 10.2 Å². The van der Waals surface area contributed by atoms with Gasteiger partial charge in [0.15, 0.2) is 0 Å². The molecular formula is C22H22F6N2. The fourth-order valence-corrected chi connectivity index (χ4v) is 3.76. The molecule has 0 radical (unpaired) electrons. The molecule has 0 bridgehead atoms. The summed E-state index contributed by atoms with van der Waals surface area (Å²) in [4.78, 5) is 1.62. The predicted octanol–water partition coefficient (Wildman–Crippen LogP) is 6.21. The zero-order valence-corrected chi connectivity index (χ0v) is 16.5. The molecule has 0 saturated carbocycles. The maximum atomic E-state index is 14.8. The number of allylic oxidation sites excluding steroid dienone is 1. The molecular weight excluding hydrogens is 406 g/mol. The van der Waals surface area contributed by atoms with Gasteiger partial charge in [0.1, 0.15) is 17.5 Å². The lowest BCUT2D eigenvalue weighted by Crippen LogP contribution is -2.40. The summed E-state index contributed by atoms with van der Waals surface area (Å²) < 4.78 is 82.6. The van der Waals surface area contributed by atoms with Crippen molar-refractivity contribution < 1.29 is 26.3 Å². The van der Waals surface area contributed by atoms with Crippen LogP contribution in [0.5, 0.6) is 0 Å². The molecule has 1 aliphatic rings. The molecule has 8 heteroatoms. The highest BCUT2D eigenvalue weighted by Gasteiger charge is 2.45. The lowest BCUT2D eigenvalue weighted by atomic mass is 9.84. The number of halogens is 6. The minimum Gasteiger partial charge on any atom is -0.381 e. The van der Waals surface area contributed by atoms with Crippen molar-refractivity contribution >= 4 is 11.4 Å². The number of hydrogen-bond donors (Lipinski definition) is 1. The van der Waals surface area contributed by atoms with Crippen molar-refractivity contribution in [3.8, 4) is 0 Å². The van der Waals surface area contributed by atoms with Crippen LogP contribution >= 0.6 is 0 Å². The summed E-state index contributed by atoms with van der Waals surface area (Å²) in [6.07, 6.45) is -2.97. The molecule has 0 aliphatic carbocycles. The van der Waals surface area contributed by atoms with E-state index in [4.69, 9.17) is 0 Å². The van der Waals surface area contributed by atoms with Crippen LogP contribution in [-0.2, 0) is 6.54 Å². The maximum absolute atomic E-state index is 14.8. The molecule has 2 aromatic carbocycles. The summed E-state index contributed by atoms with van der Waals surface area (Å²) in [5.74, 6) is -4.41. The summed E-state index contributed by atoms with van der Waals surface area (Å²) in [6, 6.07) is 7.44. The molecule has 2 atom stereocenters. The second kappa shape index (κ2) is 8.62. The van der Waals surface area contributed by atoms with E-state index < -0.39 is 35.5 Å². The van der Waals surface area contributed by atoms with Crippen molar-refractivity contribution in [3.63, 3.8) is 0 Å². The van der Waals surface area contributed by atoms with Crippen LogP contribution in [0.2, 0.25) is 0 Å². The molecule has 3 rings (SSSR count). The van der Waals surface area contributed by atoms with E-state index in [1.165, 1.54) is 18.2 Å². The van der Waals surface area contributed by atoms with Crippen molar-refractivity contribution in [2.75, 3.05) is 18.9 Å². The Hall–Kier alpha value is -2.64. The van der Waals surface area contributed by atoms with Crippen molar-refractivity contribution in [1.82, 2.24) is 4.90 Å². The molecule has 1 aliphatic heterocycles. The normalized spacial score (nSPS) is 19.6. The number of alkyl halides is 3. The van der Waals surface area contributed by atoms with Gasteiger partial charge in [-0.15, -0.1) is 0 Å². The Labute approximate surface area is 171 Å². The van der Waals surface area contributed by atoms with Gasteiger partial charge in [-0.3, -0.25) is 0 Å². The van der Waals surface area contributed by atoms with Crippen LogP contribution in [0.1, 0.15) is 24.5 Å². The molecule has 0 saturated heterocycles. The third-order valence-electron chi connectivity index (χ3n) is 5.44. The summed E-state index contributed by atoms with van der Waals surface area (Å²) in [6.45, 7) is 1.67. The average Bonchev–Trinajstić information content (AvgIpc) is 2.67. The molecule has 2 aromatic rings. The molecule has 0 spiro atoms. The van der Waals surface area contributed by atoms with Crippen molar-refractivity contribution in [2.45, 2.75) is 26.1 Å². The van der Waals surface area contributed by atoms with E-state index in [0.717, 1.165) is 24.3 Å². The summed E-state index contributed by atoms with van der Waals surface area (Å²) in [5, 5.41) is 2.74. The minimum atomic E-state index is -4.41. The lowest BCUT2D eigenvalue weighted by molar-refractivity contribution is -0.176. The second-order valence-electron chi connectivity index (χ2n) is 7.42. The number of benzene rings is 2. The second-order valence-corrected chi connectivity index (χ2v) is 7.42. The van der Waals surface area contributed by atoms with E-state index in [-0.39, 0.29) is 35.6 Å². The first-order valence-corrected chi connectivity index (χ1v) is 9.58. The number of hydrogen-bond acceptors (Lipinski definition) is 2. The van der Waals surface area contributed by atoms with Crippen LogP contribution in [0.15, 0.2) is 42.5 Å². The van der Waals surface area contributed by atoms with Crippen LogP contribution in [-0.4, -0.2) is 24.7 Å². The number of rotatable bonds is 5. The Bertz CT molecular complexity index is 917. The zero-order chi connectivity index (χ0) is 22.1. The van der Waals surface area contributed by atoms with Gasteiger partial charge in [-0.2, -0.15) is 13.2 Å². The molecule has 162 valence electrons. The Balaban J connectivity index is 1.85. The molecule has 1 heterocycles. The first-order valence-electron chi connectivity index (χ1n) is 9.58. The van der Waals surface area contributed by atoms with Crippen molar-refractivity contribution in [1.29, 1.82) is 0 Å². The fraction of sp³-hybridized carbons (Fsp3) is 0.364. The molecule has 0 amide bonds. The van der Waals surface area contributed by atoms with E-state index in [1.54, 1.807) is 18.9 Å². The first kappa shape index (κ1) is 22.1. The van der Waals surface area contributed by atoms with Crippen LogP contribution in [0.25, 0.3) is 5.70 Å². The number of nitrogens with one attached hydrogen (secondary N) is 1. The standard InChI is InChI=1S/C22H22F6N2/c1-3-13-12-30(2)21(10-17(13)22(26,27)28)15-8-7-14(9-20(15)25)29-11-16-18(23)5-4-6-19(16)24/h4-10,13,17,29H,3,11-12H2,1-2H3. The fourth-order valence-electron chi connectivity index (χ4n) is 3.76. The lowest BCUT2D eigenvalue weighted by Gasteiger charge is -2.38. The van der Waals surface area contributed by atoms with E-state index in [2.05, 4.69) is 5.32 Å². The van der Waals surface area contributed by atoms with Crippen molar-refractivity contribution in [2.24, 2.45) is 11.8 Å². The van der Waals surface area contributed by atoms with Crippen LogP contribution in [0.4, 0.5) is 32.0 Å². The Morgan fingerprint density at radius 1 is 1.03 bits per heavy atom. The van der Waals surface area contributed by atoms with Crippen LogP contribution in [0.3, 0.4) is 0 Å². The van der Waals surface area contributed by atoms with Gasteiger partial charge in [0, 0.05) is 42.6 Å². The predicted molar refractivity (Wildman–Crippen MR) is 104 cm³/mol. The zero-order valence-electron chi connectivity index (χ0n) is 16.5. The number of nitrogens with zero attached hydrogens (tertiary/aromatic N) is 1. The molecule has 30 heavy (non-hydrogen) atoms. The average molecular weight is 428 g/mol. The first-order chi connectivity index (χ1) is 14.1. The third kappa shape index (κ3) is 4.57. The van der Waals surface area contributed by atoms with E-state index in [0.29, 0.717) is 6.42 Å². The van der Waals surface area contributed by atoms with Crippen LogP contribution in [0, 0.1) is 29.3 Å². The molecule has 2 nitrogen and oxygen atoms in total. The quantitative estimate of drug-likeness (QED) is 0.570. The van der Waals surface area contributed by atoms with Crippen LogP contribution < -0.4 is 5.32 Å². The van der Waals surface area contributed by atoms with E-state index >= 15 is 0 Å². The van der Waals surface area contributed by atoms with Gasteiger partial charge in [0.05, 0.1) is 5.92 Å². The summed E-state index contributed by atoms with van der Waals surface area (Å²) in [7, 11) is 1.63. The topological polar surface area (TPSA) is 15.3 Å². The van der Waals surface area contributed by atoms with Gasteiger partial charge in [0.2, 0.25) is 0 Å². The molecule has 1 N–H and O–H groups in total. The van der Waals surface area contributed by atoms with Gasteiger partial charge in [-0.25, -0.2) is 13.2 Å². The monoisotopic (exact) mass is 428 g/mol. The van der Waals surface area contributed by atoms with Gasteiger partial charge in [-0.05, 0) is 42.3 Å². The summed E-state index contributed by atoms with van der Waals surface area (Å²) in [5.41, 5.74) is 0.294. The SMILES string of the molecule is CCC1CN(C)C(c2ccc(NCc3c(F)cccc3F)cc2F)=CC1C(F)(F)F. The van der Waals surface area contributed by atoms with Crippen molar-refractivity contribution in [3.05, 3.63) is 71.1 Å². The molecule has 2 unspecified atom stereocenters. The smallest absolute Gasteiger partial charge is 0.381 e. The van der Waals surface area contributed by atoms with E-state index in [9.17, 15) is 26.3 Å². The molecule has 0 aromatic heterocycles. The van der Waals surface area contributed by atoms with Gasteiger partial charge >= 0.3 is 6.18 Å². The third-order valence-corrected chi connectivity index (χ3v) is 5.44. The largest absolute Gasteiger partial charge is 0.395 e. The molecule has 0 fully saturated rings. The highest BCUT2D eigenvalue weighted by atomic mass is 19.4. The Morgan fingerprint density at radius 3 is 2.27 bits per heavy atom. The Morgan fingerprint density at radius 2 is 1.70 bits per heavy atom. The highest BCUT2D eigenvalue weighted by Crippen LogP contribution is 2.41.